The number of nitrogens with one attached hydrogen (secondary N) is 2. The highest BCUT2D eigenvalue weighted by molar-refractivity contribution is 14.1. The number of carbonyl (C=O) groups is 1. The summed E-state index contributed by atoms with van der Waals surface area (Å²) in [5, 5.41) is 7.38. The van der Waals surface area contributed by atoms with Gasteiger partial charge in [-0.3, -0.25) is 4.79 Å². The van der Waals surface area contributed by atoms with E-state index >= 15 is 0 Å². The number of hydrogen-bond acceptors (Lipinski definition) is 4. The van der Waals surface area contributed by atoms with Crippen molar-refractivity contribution in [3.63, 3.8) is 0 Å². The van der Waals surface area contributed by atoms with Crippen molar-refractivity contribution in [2.45, 2.75) is 42.7 Å². The number of amides is 1. The maximum Gasteiger partial charge on any atom is 0.251 e. The van der Waals surface area contributed by atoms with Crippen LogP contribution in [0.2, 0.25) is 5.02 Å². The molecular weight excluding hydrogens is 535 g/mol. The van der Waals surface area contributed by atoms with E-state index in [0.29, 0.717) is 5.56 Å². The van der Waals surface area contributed by atoms with Gasteiger partial charge in [-0.2, -0.15) is 0 Å². The third kappa shape index (κ3) is 7.51. The summed E-state index contributed by atoms with van der Waals surface area (Å²) in [6, 6.07) is 14.2. The van der Waals surface area contributed by atoms with Crippen molar-refractivity contribution in [2.24, 2.45) is 0 Å². The minimum atomic E-state index is -3.26. The second-order valence-corrected chi connectivity index (χ2v) is 9.70. The van der Waals surface area contributed by atoms with Crippen LogP contribution in [-0.4, -0.2) is 44.1 Å². The first-order chi connectivity index (χ1) is 14.3. The van der Waals surface area contributed by atoms with Crippen LogP contribution in [0, 0.1) is 0 Å². The number of carbonyl (C=O) groups excluding carboxylic acids is 1. The lowest BCUT2D eigenvalue weighted by Gasteiger charge is -2.22. The summed E-state index contributed by atoms with van der Waals surface area (Å²) in [5.41, 5.74) is 1.70. The summed E-state index contributed by atoms with van der Waals surface area (Å²) in [6.07, 6.45) is 5.09. The Hall–Kier alpha value is -1.16. The molecule has 0 bridgehead atoms. The Morgan fingerprint density at radius 2 is 1.63 bits per heavy atom. The molecule has 0 radical (unpaired) electrons. The van der Waals surface area contributed by atoms with E-state index in [1.165, 1.54) is 17.7 Å². The largest absolute Gasteiger partial charge is 0.348 e. The van der Waals surface area contributed by atoms with Crippen molar-refractivity contribution in [2.75, 3.05) is 17.7 Å². The van der Waals surface area contributed by atoms with E-state index in [0.717, 1.165) is 43.5 Å². The van der Waals surface area contributed by atoms with Crippen molar-refractivity contribution in [3.8, 4) is 0 Å². The summed E-state index contributed by atoms with van der Waals surface area (Å²) < 4.78 is 23.1. The molecule has 164 valence electrons. The molecule has 2 N–H and O–H groups in total. The van der Waals surface area contributed by atoms with Crippen LogP contribution >= 0.6 is 34.2 Å². The molecule has 3 rings (SSSR count). The average Bonchev–Trinajstić information content (AvgIpc) is 3.17. The van der Waals surface area contributed by atoms with E-state index in [1.807, 2.05) is 29.2 Å². The zero-order valence-corrected chi connectivity index (χ0v) is 20.9. The van der Waals surface area contributed by atoms with Crippen LogP contribution in [0.1, 0.15) is 35.2 Å². The molecule has 2 aromatic carbocycles. The molecule has 0 aromatic heterocycles. The predicted octanol–water partition coefficient (Wildman–Crippen LogP) is 4.28. The number of halogens is 2. The Morgan fingerprint density at radius 3 is 2.23 bits per heavy atom. The molecule has 1 saturated carbocycles. The molecular formula is C22H28ClIN2O3S. The van der Waals surface area contributed by atoms with E-state index in [1.54, 1.807) is 12.1 Å². The Morgan fingerprint density at radius 1 is 1.03 bits per heavy atom. The van der Waals surface area contributed by atoms with Gasteiger partial charge in [0.1, 0.15) is 0 Å². The lowest BCUT2D eigenvalue weighted by atomic mass is 10.1. The van der Waals surface area contributed by atoms with E-state index in [9.17, 15) is 13.2 Å². The molecule has 0 spiro atoms. The van der Waals surface area contributed by atoms with E-state index in [4.69, 9.17) is 11.6 Å². The zero-order valence-electron chi connectivity index (χ0n) is 17.2. The highest BCUT2D eigenvalue weighted by atomic mass is 127. The molecule has 1 amide bonds. The maximum absolute atomic E-state index is 12.5. The van der Waals surface area contributed by atoms with E-state index < -0.39 is 9.84 Å². The summed E-state index contributed by atoms with van der Waals surface area (Å²) in [5.74, 6) is -0.170. The SMILES string of the molecule is CI.CS(=O)(=O)c1ccc(C(=O)N[C@@H]2CCC[C@H]2NCCc2ccc(Cl)cc2)cc1. The molecule has 5 nitrogen and oxygen atoms in total. The van der Waals surface area contributed by atoms with Gasteiger partial charge in [0.25, 0.3) is 5.91 Å². The minimum Gasteiger partial charge on any atom is -0.348 e. The maximum atomic E-state index is 12.5. The van der Waals surface area contributed by atoms with Crippen LogP contribution < -0.4 is 10.6 Å². The van der Waals surface area contributed by atoms with Crippen LogP contribution in [0.15, 0.2) is 53.4 Å². The topological polar surface area (TPSA) is 75.3 Å². The van der Waals surface area contributed by atoms with Gasteiger partial charge in [0.2, 0.25) is 0 Å². The van der Waals surface area contributed by atoms with Gasteiger partial charge in [0, 0.05) is 28.9 Å². The summed E-state index contributed by atoms with van der Waals surface area (Å²) >= 11 is 8.06. The third-order valence-electron chi connectivity index (χ3n) is 5.11. The van der Waals surface area contributed by atoms with E-state index in [-0.39, 0.29) is 22.9 Å². The highest BCUT2D eigenvalue weighted by Gasteiger charge is 2.28. The van der Waals surface area contributed by atoms with Crippen molar-refractivity contribution < 1.29 is 13.2 Å². The lowest BCUT2D eigenvalue weighted by Crippen LogP contribution is -2.47. The Labute approximate surface area is 198 Å². The van der Waals surface area contributed by atoms with Gasteiger partial charge in [0.15, 0.2) is 9.84 Å². The predicted molar refractivity (Wildman–Crippen MR) is 132 cm³/mol. The molecule has 2 aromatic rings. The van der Waals surface area contributed by atoms with Gasteiger partial charge in [-0.25, -0.2) is 8.42 Å². The summed E-state index contributed by atoms with van der Waals surface area (Å²) in [7, 11) is -3.26. The second kappa shape index (κ2) is 12.0. The first-order valence-corrected chi connectivity index (χ1v) is 14.2. The van der Waals surface area contributed by atoms with Crippen molar-refractivity contribution in [1.82, 2.24) is 10.6 Å². The fourth-order valence-corrected chi connectivity index (χ4v) is 4.29. The van der Waals surface area contributed by atoms with Crippen LogP contribution in [0.5, 0.6) is 0 Å². The highest BCUT2D eigenvalue weighted by Crippen LogP contribution is 2.20. The normalized spacial score (nSPS) is 18.4. The summed E-state index contributed by atoms with van der Waals surface area (Å²) in [6.45, 7) is 0.835. The van der Waals surface area contributed by atoms with Crippen LogP contribution in [0.4, 0.5) is 0 Å². The first-order valence-electron chi connectivity index (χ1n) is 9.79. The smallest absolute Gasteiger partial charge is 0.251 e. The Bertz CT molecular complexity index is 918. The monoisotopic (exact) mass is 562 g/mol. The second-order valence-electron chi connectivity index (χ2n) is 7.24. The van der Waals surface area contributed by atoms with Gasteiger partial charge in [-0.15, -0.1) is 0 Å². The molecule has 30 heavy (non-hydrogen) atoms. The quantitative estimate of drug-likeness (QED) is 0.390. The summed E-state index contributed by atoms with van der Waals surface area (Å²) in [4.78, 5) is 14.7. The van der Waals surface area contributed by atoms with Gasteiger partial charge in [-0.05, 0) is 79.1 Å². The minimum absolute atomic E-state index is 0.0762. The standard InChI is InChI=1S/C21H25ClN2O3S.CH3I/c1-28(26,27)18-11-7-16(8-12-18)21(25)24-20-4-2-3-19(20)23-14-13-15-5-9-17(22)10-6-15;1-2/h5-12,19-20,23H,2-4,13-14H2,1H3,(H,24,25);1H3/t19-,20-;/m1./s1. The molecule has 0 unspecified atom stereocenters. The van der Waals surface area contributed by atoms with Gasteiger partial charge < -0.3 is 10.6 Å². The number of hydrogen-bond donors (Lipinski definition) is 2. The zero-order chi connectivity index (χ0) is 22.1. The van der Waals surface area contributed by atoms with E-state index in [2.05, 4.69) is 33.2 Å². The molecule has 8 heteroatoms. The van der Waals surface area contributed by atoms with Crippen molar-refractivity contribution in [3.05, 3.63) is 64.7 Å². The Kier molecular flexibility index (Phi) is 10.1. The Balaban J connectivity index is 0.00000155. The lowest BCUT2D eigenvalue weighted by molar-refractivity contribution is 0.0931. The number of sulfone groups is 1. The first kappa shape index (κ1) is 25.1. The fraction of sp³-hybridized carbons (Fsp3) is 0.409. The molecule has 2 atom stereocenters. The molecule has 1 aliphatic carbocycles. The van der Waals surface area contributed by atoms with Crippen molar-refractivity contribution in [1.29, 1.82) is 0 Å². The van der Waals surface area contributed by atoms with Crippen LogP contribution in [-0.2, 0) is 16.3 Å². The third-order valence-corrected chi connectivity index (χ3v) is 6.49. The number of alkyl halides is 1. The number of rotatable bonds is 7. The van der Waals surface area contributed by atoms with Gasteiger partial charge in [-0.1, -0.05) is 46.3 Å². The van der Waals surface area contributed by atoms with Crippen LogP contribution in [0.3, 0.4) is 0 Å². The molecule has 0 saturated heterocycles. The van der Waals surface area contributed by atoms with Gasteiger partial charge in [0.05, 0.1) is 4.90 Å². The van der Waals surface area contributed by atoms with Crippen LogP contribution in [0.25, 0.3) is 0 Å². The van der Waals surface area contributed by atoms with Gasteiger partial charge >= 0.3 is 0 Å². The fourth-order valence-electron chi connectivity index (χ4n) is 3.54. The molecule has 1 fully saturated rings. The number of benzene rings is 2. The molecule has 0 aliphatic heterocycles. The van der Waals surface area contributed by atoms with Crippen molar-refractivity contribution >= 4 is 49.9 Å². The molecule has 1 aliphatic rings. The molecule has 0 heterocycles. The average molecular weight is 563 g/mol.